The number of esters is 2. The highest BCUT2D eigenvalue weighted by Crippen LogP contribution is 2.23. The van der Waals surface area contributed by atoms with Crippen molar-refractivity contribution in [2.75, 3.05) is 39.5 Å². The second kappa shape index (κ2) is 13.0. The van der Waals surface area contributed by atoms with E-state index >= 15 is 0 Å². The van der Waals surface area contributed by atoms with E-state index in [9.17, 15) is 9.59 Å². The van der Waals surface area contributed by atoms with Crippen LogP contribution >= 0.6 is 23.2 Å². The lowest BCUT2D eigenvalue weighted by molar-refractivity contribution is -0.109. The van der Waals surface area contributed by atoms with E-state index < -0.39 is 11.9 Å². The van der Waals surface area contributed by atoms with Crippen LogP contribution in [-0.2, 0) is 18.9 Å². The number of nitrogen functional groups attached to an aromatic ring is 1. The van der Waals surface area contributed by atoms with Gasteiger partial charge in [0.05, 0.1) is 41.4 Å². The van der Waals surface area contributed by atoms with Crippen molar-refractivity contribution in [3.63, 3.8) is 0 Å². The van der Waals surface area contributed by atoms with Gasteiger partial charge in [0.2, 0.25) is 0 Å². The third kappa shape index (κ3) is 7.91. The minimum absolute atomic E-state index is 0.0740. The van der Waals surface area contributed by atoms with Gasteiger partial charge in [-0.15, -0.1) is 0 Å². The molecule has 0 radical (unpaired) electrons. The van der Waals surface area contributed by atoms with Crippen LogP contribution in [0.15, 0.2) is 36.4 Å². The Kier molecular flexibility index (Phi) is 11.1. The molecule has 10 heteroatoms. The van der Waals surface area contributed by atoms with E-state index in [0.717, 1.165) is 5.69 Å². The molecule has 0 aliphatic heterocycles. The maximum atomic E-state index is 11.4. The number of nitrogens with one attached hydrogen (secondary N) is 1. The molecule has 170 valence electrons. The summed E-state index contributed by atoms with van der Waals surface area (Å²) in [5.41, 5.74) is 7.38. The molecule has 2 rings (SSSR count). The van der Waals surface area contributed by atoms with Crippen molar-refractivity contribution in [1.82, 2.24) is 0 Å². The molecule has 8 nitrogen and oxygen atoms in total. The molecule has 0 spiro atoms. The van der Waals surface area contributed by atoms with Crippen molar-refractivity contribution in [3.8, 4) is 0 Å². The summed E-state index contributed by atoms with van der Waals surface area (Å²) in [6, 6.07) is 9.58. The second-order valence-corrected chi connectivity index (χ2v) is 7.00. The maximum absolute atomic E-state index is 11.4. The van der Waals surface area contributed by atoms with Crippen LogP contribution in [0.1, 0.15) is 27.6 Å². The Morgan fingerprint density at radius 1 is 0.871 bits per heavy atom. The molecule has 0 heterocycles. The number of carbonyl (C=O) groups excluding carboxylic acids is 2. The summed E-state index contributed by atoms with van der Waals surface area (Å²) in [4.78, 5) is 22.4. The molecule has 0 amide bonds. The smallest absolute Gasteiger partial charge is 0.339 e. The quantitative estimate of drug-likeness (QED) is 0.349. The van der Waals surface area contributed by atoms with E-state index in [1.54, 1.807) is 38.5 Å². The number of nitrogens with two attached hydrogens (primary N) is 1. The minimum Gasteiger partial charge on any atom is -0.465 e. The highest BCUT2D eigenvalue weighted by Gasteiger charge is 2.17. The van der Waals surface area contributed by atoms with E-state index in [-0.39, 0.29) is 12.3 Å². The molecule has 0 saturated heterocycles. The fourth-order valence-corrected chi connectivity index (χ4v) is 3.05. The predicted molar refractivity (Wildman–Crippen MR) is 121 cm³/mol. The van der Waals surface area contributed by atoms with E-state index in [1.165, 1.54) is 26.4 Å². The molecular weight excluding hydrogens is 447 g/mol. The van der Waals surface area contributed by atoms with Crippen molar-refractivity contribution in [2.45, 2.75) is 19.3 Å². The van der Waals surface area contributed by atoms with Crippen molar-refractivity contribution < 1.29 is 28.5 Å². The van der Waals surface area contributed by atoms with Gasteiger partial charge in [-0.2, -0.15) is 0 Å². The molecule has 0 bridgehead atoms. The van der Waals surface area contributed by atoms with Gasteiger partial charge in [0, 0.05) is 25.6 Å². The average Bonchev–Trinajstić information content (AvgIpc) is 2.74. The summed E-state index contributed by atoms with van der Waals surface area (Å²) < 4.78 is 19.4. The lowest BCUT2D eigenvalue weighted by Crippen LogP contribution is -2.33. The third-order valence-electron chi connectivity index (χ3n) is 4.04. The zero-order chi connectivity index (χ0) is 23.6. The van der Waals surface area contributed by atoms with Crippen molar-refractivity contribution >= 4 is 46.5 Å². The molecule has 0 fully saturated rings. The Balaban J connectivity index is 0.000000343. The highest BCUT2D eigenvalue weighted by atomic mass is 35.5. The summed E-state index contributed by atoms with van der Waals surface area (Å²) >= 11 is 11.8. The van der Waals surface area contributed by atoms with Crippen LogP contribution < -0.4 is 11.1 Å². The summed E-state index contributed by atoms with van der Waals surface area (Å²) in [7, 11) is 5.75. The molecule has 1 unspecified atom stereocenters. The van der Waals surface area contributed by atoms with Crippen molar-refractivity contribution in [3.05, 3.63) is 57.6 Å². The number of benzene rings is 2. The summed E-state index contributed by atoms with van der Waals surface area (Å²) in [5.74, 6) is -0.920. The Hall–Kier alpha value is -2.52. The molecule has 3 N–H and O–H groups in total. The van der Waals surface area contributed by atoms with Crippen LogP contribution in [0.2, 0.25) is 10.0 Å². The number of carbonyl (C=O) groups is 2. The van der Waals surface area contributed by atoms with E-state index in [1.807, 2.05) is 6.92 Å². The minimum atomic E-state index is -0.462. The van der Waals surface area contributed by atoms with Crippen LogP contribution in [0.25, 0.3) is 0 Å². The van der Waals surface area contributed by atoms with Gasteiger partial charge in [0.1, 0.15) is 0 Å². The van der Waals surface area contributed by atoms with Gasteiger partial charge in [-0.3, -0.25) is 0 Å². The van der Waals surface area contributed by atoms with Gasteiger partial charge in [0.15, 0.2) is 6.29 Å². The molecule has 2 aromatic carbocycles. The predicted octanol–water partition coefficient (Wildman–Crippen LogP) is 4.25. The summed E-state index contributed by atoms with van der Waals surface area (Å²) in [6.07, 6.45) is -0.376. The summed E-state index contributed by atoms with van der Waals surface area (Å²) in [6.45, 7) is 1.92. The Labute approximate surface area is 191 Å². The highest BCUT2D eigenvalue weighted by molar-refractivity contribution is 6.34. The maximum Gasteiger partial charge on any atom is 0.339 e. The fraction of sp³-hybridized carbons (Fsp3) is 0.333. The molecule has 1 atom stereocenters. The van der Waals surface area contributed by atoms with Gasteiger partial charge in [-0.25, -0.2) is 9.59 Å². The Morgan fingerprint density at radius 2 is 1.35 bits per heavy atom. The monoisotopic (exact) mass is 472 g/mol. The van der Waals surface area contributed by atoms with Crippen LogP contribution in [0.5, 0.6) is 0 Å². The van der Waals surface area contributed by atoms with Crippen LogP contribution in [0.3, 0.4) is 0 Å². The molecule has 0 saturated carbocycles. The lowest BCUT2D eigenvalue weighted by Gasteiger charge is -2.23. The van der Waals surface area contributed by atoms with Gasteiger partial charge in [-0.05, 0) is 43.3 Å². The number of anilines is 2. The Morgan fingerprint density at radius 3 is 1.77 bits per heavy atom. The standard InChI is InChI=1S/C13H18ClNO4.C8H8ClNO2/c1-8(13(18-3)19-4)15-9-5-6-10(11(14)7-9)12(16)17-2;1-12-8(11)6-3-2-5(10)4-7(6)9/h5-8,13,15H,1-4H3;2-4H,10H2,1H3. The third-order valence-corrected chi connectivity index (χ3v) is 4.67. The first kappa shape index (κ1) is 26.5. The number of ether oxygens (including phenoxy) is 4. The van der Waals surface area contributed by atoms with Crippen molar-refractivity contribution in [1.29, 1.82) is 0 Å². The summed E-state index contributed by atoms with van der Waals surface area (Å²) in [5, 5.41) is 3.82. The first-order chi connectivity index (χ1) is 14.7. The van der Waals surface area contributed by atoms with Gasteiger partial charge >= 0.3 is 11.9 Å². The topological polar surface area (TPSA) is 109 Å². The van der Waals surface area contributed by atoms with E-state index in [0.29, 0.717) is 26.9 Å². The Bertz CT molecular complexity index is 890. The average molecular weight is 473 g/mol. The number of hydrogen-bond acceptors (Lipinski definition) is 8. The molecule has 0 aliphatic rings. The normalized spacial score (nSPS) is 11.2. The number of methoxy groups -OCH3 is 4. The molecule has 0 aliphatic carbocycles. The first-order valence-corrected chi connectivity index (χ1v) is 9.77. The van der Waals surface area contributed by atoms with Gasteiger partial charge < -0.3 is 30.0 Å². The van der Waals surface area contributed by atoms with E-state index in [4.69, 9.17) is 38.4 Å². The van der Waals surface area contributed by atoms with Crippen LogP contribution in [-0.4, -0.2) is 52.7 Å². The molecule has 31 heavy (non-hydrogen) atoms. The van der Waals surface area contributed by atoms with Crippen LogP contribution in [0, 0.1) is 0 Å². The largest absolute Gasteiger partial charge is 0.465 e. The zero-order valence-electron chi connectivity index (χ0n) is 17.9. The molecule has 2 aromatic rings. The van der Waals surface area contributed by atoms with Gasteiger partial charge in [-0.1, -0.05) is 23.2 Å². The fourth-order valence-electron chi connectivity index (χ4n) is 2.52. The number of rotatable bonds is 7. The number of halogens is 2. The molecule has 0 aromatic heterocycles. The lowest BCUT2D eigenvalue weighted by atomic mass is 10.2. The first-order valence-electron chi connectivity index (χ1n) is 9.01. The van der Waals surface area contributed by atoms with Gasteiger partial charge in [0.25, 0.3) is 0 Å². The second-order valence-electron chi connectivity index (χ2n) is 6.19. The van der Waals surface area contributed by atoms with Crippen molar-refractivity contribution in [2.24, 2.45) is 0 Å². The zero-order valence-corrected chi connectivity index (χ0v) is 19.4. The van der Waals surface area contributed by atoms with E-state index in [2.05, 4.69) is 14.8 Å². The SMILES string of the molecule is COC(=O)c1ccc(N)cc1Cl.COC(=O)c1ccc(NC(C)C(OC)OC)cc1Cl. The number of hydrogen-bond donors (Lipinski definition) is 2. The molecular formula is C21H26Cl2N2O6. The van der Waals surface area contributed by atoms with Crippen LogP contribution in [0.4, 0.5) is 11.4 Å².